The number of aryl methyl sites for hydroxylation is 1. The smallest absolute Gasteiger partial charge is 0.327 e. The van der Waals surface area contributed by atoms with E-state index in [0.29, 0.717) is 16.3 Å². The van der Waals surface area contributed by atoms with E-state index in [0.717, 1.165) is 20.5 Å². The third kappa shape index (κ3) is 2.23. The molecule has 0 aliphatic rings. The van der Waals surface area contributed by atoms with Crippen LogP contribution in [-0.2, 0) is 14.1 Å². The molecule has 3 heterocycles. The standard InChI is InChI=1S/C16H13N5O2S/c1-20-13-12(14(22)21(2)16(20)23)18-15(19-13)24-11-8-7-9-5-3-4-6-10(9)17-11/h3-8H,1-2H3,(H,18,19). The number of imidazole rings is 1. The summed E-state index contributed by atoms with van der Waals surface area (Å²) in [6.45, 7) is 0. The molecule has 0 aliphatic carbocycles. The molecule has 3 aromatic heterocycles. The van der Waals surface area contributed by atoms with Crippen LogP contribution in [0.4, 0.5) is 0 Å². The molecule has 0 unspecified atom stereocenters. The molecule has 0 aliphatic heterocycles. The van der Waals surface area contributed by atoms with Crippen molar-refractivity contribution < 1.29 is 0 Å². The van der Waals surface area contributed by atoms with Crippen LogP contribution in [-0.4, -0.2) is 24.1 Å². The van der Waals surface area contributed by atoms with Gasteiger partial charge in [-0.05, 0) is 23.9 Å². The normalized spacial score (nSPS) is 11.4. The number of para-hydroxylation sites is 1. The Morgan fingerprint density at radius 3 is 2.62 bits per heavy atom. The van der Waals surface area contributed by atoms with Gasteiger partial charge in [-0.15, -0.1) is 0 Å². The average Bonchev–Trinajstić information content (AvgIpc) is 3.02. The lowest BCUT2D eigenvalue weighted by Crippen LogP contribution is -2.36. The molecule has 7 nitrogen and oxygen atoms in total. The summed E-state index contributed by atoms with van der Waals surface area (Å²) in [6, 6.07) is 11.7. The van der Waals surface area contributed by atoms with Crippen LogP contribution in [0.15, 0.2) is 56.2 Å². The first-order valence-electron chi connectivity index (χ1n) is 7.24. The number of nitrogens with one attached hydrogen (secondary N) is 1. The van der Waals surface area contributed by atoms with Gasteiger partial charge in [-0.25, -0.2) is 14.8 Å². The second-order valence-electron chi connectivity index (χ2n) is 5.39. The van der Waals surface area contributed by atoms with Crippen molar-refractivity contribution in [2.75, 3.05) is 0 Å². The zero-order chi connectivity index (χ0) is 16.8. The van der Waals surface area contributed by atoms with Crippen LogP contribution in [0.2, 0.25) is 0 Å². The topological polar surface area (TPSA) is 85.6 Å². The predicted molar refractivity (Wildman–Crippen MR) is 92.4 cm³/mol. The van der Waals surface area contributed by atoms with E-state index in [9.17, 15) is 9.59 Å². The number of nitrogens with zero attached hydrogens (tertiary/aromatic N) is 4. The molecule has 1 N–H and O–H groups in total. The van der Waals surface area contributed by atoms with Crippen molar-refractivity contribution in [3.05, 3.63) is 57.2 Å². The van der Waals surface area contributed by atoms with Crippen LogP contribution in [0.25, 0.3) is 22.1 Å². The lowest BCUT2D eigenvalue weighted by Gasteiger charge is -2.00. The van der Waals surface area contributed by atoms with Crippen molar-refractivity contribution in [1.82, 2.24) is 24.1 Å². The molecular weight excluding hydrogens is 326 g/mol. The second kappa shape index (κ2) is 5.34. The van der Waals surface area contributed by atoms with Gasteiger partial charge in [0.25, 0.3) is 5.56 Å². The van der Waals surface area contributed by atoms with Crippen molar-refractivity contribution >= 4 is 33.8 Å². The van der Waals surface area contributed by atoms with E-state index >= 15 is 0 Å². The zero-order valence-corrected chi connectivity index (χ0v) is 13.8. The number of hydrogen-bond acceptors (Lipinski definition) is 5. The van der Waals surface area contributed by atoms with Gasteiger partial charge < -0.3 is 4.98 Å². The molecule has 0 fully saturated rings. The fourth-order valence-electron chi connectivity index (χ4n) is 2.56. The Hall–Kier alpha value is -2.87. The minimum atomic E-state index is -0.403. The highest BCUT2D eigenvalue weighted by atomic mass is 32.2. The maximum Gasteiger partial charge on any atom is 0.332 e. The SMILES string of the molecule is Cn1c(=O)c2[nH]c(Sc3ccc4ccccc4n3)nc2n(C)c1=O. The minimum absolute atomic E-state index is 0.308. The summed E-state index contributed by atoms with van der Waals surface area (Å²) in [7, 11) is 3.04. The average molecular weight is 339 g/mol. The first-order chi connectivity index (χ1) is 11.5. The molecular formula is C16H13N5O2S. The number of pyridine rings is 1. The van der Waals surface area contributed by atoms with Gasteiger partial charge in [0, 0.05) is 19.5 Å². The van der Waals surface area contributed by atoms with E-state index in [1.807, 2.05) is 36.4 Å². The third-order valence-corrected chi connectivity index (χ3v) is 4.67. The number of benzene rings is 1. The molecule has 0 saturated heterocycles. The summed E-state index contributed by atoms with van der Waals surface area (Å²) in [5, 5.41) is 2.34. The number of aromatic nitrogens is 5. The van der Waals surface area contributed by atoms with Crippen LogP contribution < -0.4 is 11.2 Å². The summed E-state index contributed by atoms with van der Waals surface area (Å²) in [4.78, 5) is 36.1. The molecule has 0 radical (unpaired) electrons. The molecule has 0 bridgehead atoms. The molecule has 4 rings (SSSR count). The molecule has 0 amide bonds. The fourth-order valence-corrected chi connectivity index (χ4v) is 3.32. The largest absolute Gasteiger partial charge is 0.332 e. The predicted octanol–water partition coefficient (Wildman–Crippen LogP) is 1.66. The Morgan fingerprint density at radius 2 is 1.79 bits per heavy atom. The Morgan fingerprint density at radius 1 is 1.00 bits per heavy atom. The zero-order valence-electron chi connectivity index (χ0n) is 13.0. The van der Waals surface area contributed by atoms with E-state index in [4.69, 9.17) is 0 Å². The quantitative estimate of drug-likeness (QED) is 0.600. The van der Waals surface area contributed by atoms with E-state index in [1.165, 1.54) is 23.4 Å². The fraction of sp³-hybridized carbons (Fsp3) is 0.125. The Balaban J connectivity index is 1.82. The van der Waals surface area contributed by atoms with Crippen LogP contribution in [0, 0.1) is 0 Å². The summed E-state index contributed by atoms with van der Waals surface area (Å²) in [6.07, 6.45) is 0. The summed E-state index contributed by atoms with van der Waals surface area (Å²) in [5.41, 5.74) is 0.745. The Kier molecular flexibility index (Phi) is 3.27. The van der Waals surface area contributed by atoms with Gasteiger partial charge in [-0.1, -0.05) is 24.3 Å². The number of H-pyrrole nitrogens is 1. The third-order valence-electron chi connectivity index (χ3n) is 3.85. The van der Waals surface area contributed by atoms with Crippen molar-refractivity contribution in [2.24, 2.45) is 14.1 Å². The molecule has 24 heavy (non-hydrogen) atoms. The molecule has 120 valence electrons. The van der Waals surface area contributed by atoms with Crippen LogP contribution in [0.3, 0.4) is 0 Å². The van der Waals surface area contributed by atoms with Crippen molar-refractivity contribution in [2.45, 2.75) is 10.2 Å². The highest BCUT2D eigenvalue weighted by Crippen LogP contribution is 2.26. The number of fused-ring (bicyclic) bond motifs is 2. The Bertz CT molecular complexity index is 1200. The first kappa shape index (κ1) is 14.7. The first-order valence-corrected chi connectivity index (χ1v) is 8.05. The second-order valence-corrected chi connectivity index (χ2v) is 6.40. The summed E-state index contributed by atoms with van der Waals surface area (Å²) >= 11 is 1.32. The molecule has 1 aromatic carbocycles. The highest BCUT2D eigenvalue weighted by molar-refractivity contribution is 7.99. The van der Waals surface area contributed by atoms with Crippen molar-refractivity contribution in [1.29, 1.82) is 0 Å². The van der Waals surface area contributed by atoms with Gasteiger partial charge in [0.2, 0.25) is 0 Å². The van der Waals surface area contributed by atoms with Gasteiger partial charge in [0.15, 0.2) is 16.3 Å². The highest BCUT2D eigenvalue weighted by Gasteiger charge is 2.14. The molecule has 0 saturated carbocycles. The van der Waals surface area contributed by atoms with E-state index in [2.05, 4.69) is 15.0 Å². The van der Waals surface area contributed by atoms with Gasteiger partial charge >= 0.3 is 5.69 Å². The van der Waals surface area contributed by atoms with Gasteiger partial charge in [0.1, 0.15) is 5.03 Å². The van der Waals surface area contributed by atoms with Crippen LogP contribution >= 0.6 is 11.8 Å². The minimum Gasteiger partial charge on any atom is -0.327 e. The van der Waals surface area contributed by atoms with E-state index in [-0.39, 0.29) is 5.56 Å². The van der Waals surface area contributed by atoms with Gasteiger partial charge in [0.05, 0.1) is 5.52 Å². The molecule has 0 atom stereocenters. The summed E-state index contributed by atoms with van der Waals surface area (Å²) < 4.78 is 2.41. The lowest BCUT2D eigenvalue weighted by molar-refractivity contribution is 0.708. The van der Waals surface area contributed by atoms with E-state index < -0.39 is 5.69 Å². The molecule has 8 heteroatoms. The maximum atomic E-state index is 12.2. The molecule has 4 aromatic rings. The monoisotopic (exact) mass is 339 g/mol. The van der Waals surface area contributed by atoms with Crippen molar-refractivity contribution in [3.8, 4) is 0 Å². The lowest BCUT2D eigenvalue weighted by atomic mass is 10.2. The van der Waals surface area contributed by atoms with Crippen LogP contribution in [0.1, 0.15) is 0 Å². The van der Waals surface area contributed by atoms with E-state index in [1.54, 1.807) is 7.05 Å². The number of hydrogen-bond donors (Lipinski definition) is 1. The molecule has 0 spiro atoms. The van der Waals surface area contributed by atoms with Crippen LogP contribution in [0.5, 0.6) is 0 Å². The number of aromatic amines is 1. The van der Waals surface area contributed by atoms with Gasteiger partial charge in [-0.3, -0.25) is 13.9 Å². The number of rotatable bonds is 2. The summed E-state index contributed by atoms with van der Waals surface area (Å²) in [5.74, 6) is 0. The Labute approximate surface area is 140 Å². The van der Waals surface area contributed by atoms with Crippen molar-refractivity contribution in [3.63, 3.8) is 0 Å². The maximum absolute atomic E-state index is 12.2. The van der Waals surface area contributed by atoms with Gasteiger partial charge in [-0.2, -0.15) is 0 Å².